The summed E-state index contributed by atoms with van der Waals surface area (Å²) in [5.74, 6) is 0.0889. The summed E-state index contributed by atoms with van der Waals surface area (Å²) < 4.78 is 5.63. The zero-order valence-electron chi connectivity index (χ0n) is 16.7. The second kappa shape index (κ2) is 7.79. The fraction of sp³-hybridized carbons (Fsp3) is 0.231. The second-order valence-electron chi connectivity index (χ2n) is 8.03. The van der Waals surface area contributed by atoms with Crippen molar-refractivity contribution in [2.24, 2.45) is 0 Å². The summed E-state index contributed by atoms with van der Waals surface area (Å²) in [6.07, 6.45) is 1.24. The van der Waals surface area contributed by atoms with E-state index >= 15 is 0 Å². The van der Waals surface area contributed by atoms with Crippen LogP contribution >= 0.6 is 0 Å². The number of hydrogen-bond acceptors (Lipinski definition) is 3. The lowest BCUT2D eigenvalue weighted by atomic mass is 9.93. The Morgan fingerprint density at radius 3 is 2.33 bits per heavy atom. The summed E-state index contributed by atoms with van der Waals surface area (Å²) in [6.45, 7) is 1.48. The van der Waals surface area contributed by atoms with E-state index in [1.165, 1.54) is 5.56 Å². The van der Waals surface area contributed by atoms with Crippen molar-refractivity contribution < 1.29 is 14.3 Å². The van der Waals surface area contributed by atoms with Crippen LogP contribution in [-0.4, -0.2) is 29.9 Å². The molecular weight excluding hydrogens is 374 g/mol. The first-order valence-corrected chi connectivity index (χ1v) is 10.4. The monoisotopic (exact) mass is 397 g/mol. The first-order chi connectivity index (χ1) is 14.7. The van der Waals surface area contributed by atoms with E-state index in [1.54, 1.807) is 12.1 Å². The standard InChI is InChI=1S/C26H23NO3/c28-25(27-14-13-21(17-27)18-7-3-1-4-8-18)20-11-12-23-22(15-20)16-24(30-26(23)29)19-9-5-2-6-10-19/h1-12,15,21,24H,13-14,16-17H2. The lowest BCUT2D eigenvalue weighted by molar-refractivity contribution is 0.0252. The average molecular weight is 397 g/mol. The summed E-state index contributed by atoms with van der Waals surface area (Å²) in [6, 6.07) is 25.5. The van der Waals surface area contributed by atoms with Crippen LogP contribution in [0.25, 0.3) is 0 Å². The third-order valence-corrected chi connectivity index (χ3v) is 6.14. The number of carbonyl (C=O) groups excluding carboxylic acids is 2. The average Bonchev–Trinajstić information content (AvgIpc) is 3.30. The van der Waals surface area contributed by atoms with Crippen LogP contribution in [0.3, 0.4) is 0 Å². The van der Waals surface area contributed by atoms with Crippen molar-refractivity contribution in [1.29, 1.82) is 0 Å². The molecule has 150 valence electrons. The first kappa shape index (κ1) is 18.6. The van der Waals surface area contributed by atoms with Gasteiger partial charge in [-0.15, -0.1) is 0 Å². The summed E-state index contributed by atoms with van der Waals surface area (Å²) in [7, 11) is 0. The molecule has 0 bridgehead atoms. The van der Waals surface area contributed by atoms with Gasteiger partial charge in [0.05, 0.1) is 5.56 Å². The molecule has 5 rings (SSSR count). The van der Waals surface area contributed by atoms with Gasteiger partial charge in [0.25, 0.3) is 5.91 Å². The molecule has 1 amide bonds. The van der Waals surface area contributed by atoms with E-state index in [-0.39, 0.29) is 18.0 Å². The Morgan fingerprint density at radius 2 is 1.60 bits per heavy atom. The van der Waals surface area contributed by atoms with Crippen LogP contribution in [-0.2, 0) is 11.2 Å². The maximum Gasteiger partial charge on any atom is 0.339 e. The number of amides is 1. The molecule has 0 N–H and O–H groups in total. The van der Waals surface area contributed by atoms with Gasteiger partial charge in [-0.25, -0.2) is 4.79 Å². The molecule has 0 aliphatic carbocycles. The highest BCUT2D eigenvalue weighted by atomic mass is 16.5. The Balaban J connectivity index is 1.35. The third-order valence-electron chi connectivity index (χ3n) is 6.14. The van der Waals surface area contributed by atoms with E-state index in [9.17, 15) is 9.59 Å². The number of carbonyl (C=O) groups is 2. The number of cyclic esters (lactones) is 1. The molecule has 0 spiro atoms. The van der Waals surface area contributed by atoms with Crippen LogP contribution in [0.4, 0.5) is 0 Å². The smallest absolute Gasteiger partial charge is 0.339 e. The van der Waals surface area contributed by atoms with Crippen molar-refractivity contribution in [3.63, 3.8) is 0 Å². The van der Waals surface area contributed by atoms with Crippen molar-refractivity contribution in [3.05, 3.63) is 107 Å². The van der Waals surface area contributed by atoms with Crippen molar-refractivity contribution in [1.82, 2.24) is 4.90 Å². The van der Waals surface area contributed by atoms with E-state index in [1.807, 2.05) is 59.5 Å². The molecule has 2 aliphatic rings. The van der Waals surface area contributed by atoms with E-state index in [0.717, 1.165) is 30.6 Å². The lowest BCUT2D eigenvalue weighted by Gasteiger charge is -2.26. The van der Waals surface area contributed by atoms with Gasteiger partial charge in [-0.3, -0.25) is 4.79 Å². The van der Waals surface area contributed by atoms with Gasteiger partial charge in [0.2, 0.25) is 0 Å². The van der Waals surface area contributed by atoms with Gasteiger partial charge < -0.3 is 9.64 Å². The van der Waals surface area contributed by atoms with Crippen molar-refractivity contribution >= 4 is 11.9 Å². The fourth-order valence-electron chi connectivity index (χ4n) is 4.51. The van der Waals surface area contributed by atoms with Crippen LogP contribution in [0.1, 0.15) is 55.8 Å². The van der Waals surface area contributed by atoms with Crippen LogP contribution < -0.4 is 0 Å². The van der Waals surface area contributed by atoms with Gasteiger partial charge in [-0.2, -0.15) is 0 Å². The van der Waals surface area contributed by atoms with Gasteiger partial charge in [-0.05, 0) is 41.3 Å². The molecule has 3 aromatic rings. The molecule has 0 aromatic heterocycles. The summed E-state index contributed by atoms with van der Waals surface area (Å²) >= 11 is 0. The predicted molar refractivity (Wildman–Crippen MR) is 114 cm³/mol. The molecule has 2 aliphatic heterocycles. The van der Waals surface area contributed by atoms with Crippen LogP contribution in [0.15, 0.2) is 78.9 Å². The van der Waals surface area contributed by atoms with Gasteiger partial charge in [0.1, 0.15) is 6.10 Å². The number of likely N-dealkylation sites (tertiary alicyclic amines) is 1. The summed E-state index contributed by atoms with van der Waals surface area (Å²) in [4.78, 5) is 27.6. The minimum atomic E-state index is -0.325. The highest BCUT2D eigenvalue weighted by molar-refractivity contribution is 5.98. The maximum atomic E-state index is 13.2. The number of nitrogens with zero attached hydrogens (tertiary/aromatic N) is 1. The van der Waals surface area contributed by atoms with Gasteiger partial charge >= 0.3 is 5.97 Å². The van der Waals surface area contributed by atoms with E-state index in [0.29, 0.717) is 23.5 Å². The Morgan fingerprint density at radius 1 is 0.900 bits per heavy atom. The van der Waals surface area contributed by atoms with Gasteiger partial charge in [0.15, 0.2) is 0 Å². The maximum absolute atomic E-state index is 13.2. The number of ether oxygens (including phenoxy) is 1. The molecule has 2 unspecified atom stereocenters. The summed E-state index contributed by atoms with van der Waals surface area (Å²) in [5.41, 5.74) is 4.33. The minimum absolute atomic E-state index is 0.0337. The molecule has 0 radical (unpaired) electrons. The zero-order valence-corrected chi connectivity index (χ0v) is 16.7. The molecule has 4 heteroatoms. The highest BCUT2D eigenvalue weighted by Crippen LogP contribution is 2.32. The quantitative estimate of drug-likeness (QED) is 0.598. The minimum Gasteiger partial charge on any atom is -0.454 e. The van der Waals surface area contributed by atoms with E-state index < -0.39 is 0 Å². The second-order valence-corrected chi connectivity index (χ2v) is 8.03. The molecular formula is C26H23NO3. The van der Waals surface area contributed by atoms with Crippen LogP contribution in [0, 0.1) is 0 Å². The predicted octanol–water partition coefficient (Wildman–Crippen LogP) is 4.77. The van der Waals surface area contributed by atoms with E-state index in [2.05, 4.69) is 12.1 Å². The molecule has 0 saturated carbocycles. The Labute approximate surface area is 176 Å². The lowest BCUT2D eigenvalue weighted by Crippen LogP contribution is -2.29. The topological polar surface area (TPSA) is 46.6 Å². The first-order valence-electron chi connectivity index (χ1n) is 10.4. The molecule has 2 heterocycles. The number of hydrogen-bond donors (Lipinski definition) is 0. The third kappa shape index (κ3) is 3.50. The number of benzene rings is 3. The molecule has 3 aromatic carbocycles. The van der Waals surface area contributed by atoms with E-state index in [4.69, 9.17) is 4.74 Å². The number of fused-ring (bicyclic) bond motifs is 1. The SMILES string of the molecule is O=C1OC(c2ccccc2)Cc2cc(C(=O)N3CCC(c4ccccc4)C3)ccc21. The van der Waals surface area contributed by atoms with Crippen LogP contribution in [0.2, 0.25) is 0 Å². The fourth-order valence-corrected chi connectivity index (χ4v) is 4.51. The number of esters is 1. The molecule has 1 saturated heterocycles. The molecule has 2 atom stereocenters. The normalized spacial score (nSPS) is 20.5. The van der Waals surface area contributed by atoms with Crippen LogP contribution in [0.5, 0.6) is 0 Å². The molecule has 30 heavy (non-hydrogen) atoms. The van der Waals surface area contributed by atoms with Gasteiger partial charge in [-0.1, -0.05) is 60.7 Å². The molecule has 1 fully saturated rings. The largest absolute Gasteiger partial charge is 0.454 e. The summed E-state index contributed by atoms with van der Waals surface area (Å²) in [5, 5.41) is 0. The zero-order chi connectivity index (χ0) is 20.5. The Bertz CT molecular complexity index is 1080. The highest BCUT2D eigenvalue weighted by Gasteiger charge is 2.31. The Hall–Kier alpha value is -3.40. The van der Waals surface area contributed by atoms with Gasteiger partial charge in [0, 0.05) is 31.0 Å². The molecule has 4 nitrogen and oxygen atoms in total. The van der Waals surface area contributed by atoms with Crippen molar-refractivity contribution in [3.8, 4) is 0 Å². The van der Waals surface area contributed by atoms with Crippen molar-refractivity contribution in [2.75, 3.05) is 13.1 Å². The Kier molecular flexibility index (Phi) is 4.83. The van der Waals surface area contributed by atoms with Crippen molar-refractivity contribution in [2.45, 2.75) is 24.9 Å². The number of rotatable bonds is 3.